The van der Waals surface area contributed by atoms with Crippen LogP contribution in [0, 0.1) is 6.92 Å². The van der Waals surface area contributed by atoms with Gasteiger partial charge in [-0.1, -0.05) is 19.8 Å². The van der Waals surface area contributed by atoms with Gasteiger partial charge in [-0.2, -0.15) is 0 Å². The van der Waals surface area contributed by atoms with Crippen molar-refractivity contribution in [1.29, 1.82) is 0 Å². The van der Waals surface area contributed by atoms with Crippen LogP contribution in [-0.2, 0) is 4.79 Å². The molecule has 0 radical (unpaired) electrons. The van der Waals surface area contributed by atoms with E-state index in [1.165, 1.54) is 11.3 Å². The van der Waals surface area contributed by atoms with Gasteiger partial charge in [0, 0.05) is 11.8 Å². The molecule has 14 heavy (non-hydrogen) atoms. The van der Waals surface area contributed by atoms with Crippen LogP contribution in [0.3, 0.4) is 0 Å². The molecule has 1 rings (SSSR count). The fraction of sp³-hybridized carbons (Fsp3) is 0.600. The number of rotatable bonds is 5. The molecule has 0 unspecified atom stereocenters. The van der Waals surface area contributed by atoms with E-state index in [-0.39, 0.29) is 5.91 Å². The van der Waals surface area contributed by atoms with Gasteiger partial charge in [0.05, 0.1) is 5.69 Å². The summed E-state index contributed by atoms with van der Waals surface area (Å²) in [6, 6.07) is 0. The number of nitrogens with zero attached hydrogens (tertiary/aromatic N) is 1. The number of anilines is 1. The predicted molar refractivity (Wildman–Crippen MR) is 59.6 cm³/mol. The highest BCUT2D eigenvalue weighted by atomic mass is 32.1. The third kappa shape index (κ3) is 3.87. The van der Waals surface area contributed by atoms with Crippen molar-refractivity contribution in [3.63, 3.8) is 0 Å². The monoisotopic (exact) mass is 212 g/mol. The number of amides is 1. The molecular formula is C10H16N2OS. The second-order valence-corrected chi connectivity index (χ2v) is 4.16. The van der Waals surface area contributed by atoms with Crippen molar-refractivity contribution in [2.75, 3.05) is 5.32 Å². The van der Waals surface area contributed by atoms with Crippen LogP contribution in [0.25, 0.3) is 0 Å². The Kier molecular flexibility index (Phi) is 4.59. The van der Waals surface area contributed by atoms with Crippen LogP contribution in [0.4, 0.5) is 5.13 Å². The number of carbonyl (C=O) groups excluding carboxylic acids is 1. The van der Waals surface area contributed by atoms with Crippen LogP contribution in [0.15, 0.2) is 5.38 Å². The number of aryl methyl sites for hydroxylation is 1. The standard InChI is InChI=1S/C10H16N2OS/c1-3-4-5-6-9(13)12-10-11-8(2)7-14-10/h7H,3-6H2,1-2H3,(H,11,12,13). The molecular weight excluding hydrogens is 196 g/mol. The van der Waals surface area contributed by atoms with Gasteiger partial charge in [-0.05, 0) is 13.3 Å². The number of hydrogen-bond acceptors (Lipinski definition) is 3. The largest absolute Gasteiger partial charge is 0.302 e. The van der Waals surface area contributed by atoms with Gasteiger partial charge in [0.15, 0.2) is 5.13 Å². The number of hydrogen-bond donors (Lipinski definition) is 1. The first-order valence-electron chi connectivity index (χ1n) is 4.94. The molecule has 0 bridgehead atoms. The third-order valence-corrected chi connectivity index (χ3v) is 2.75. The molecule has 1 heterocycles. The molecule has 0 aliphatic carbocycles. The van der Waals surface area contributed by atoms with Crippen LogP contribution in [0.5, 0.6) is 0 Å². The summed E-state index contributed by atoms with van der Waals surface area (Å²) in [5, 5.41) is 5.43. The molecule has 0 saturated heterocycles. The predicted octanol–water partition coefficient (Wildman–Crippen LogP) is 2.97. The van der Waals surface area contributed by atoms with Gasteiger partial charge in [-0.25, -0.2) is 4.98 Å². The maximum atomic E-state index is 11.4. The minimum Gasteiger partial charge on any atom is -0.302 e. The first-order valence-corrected chi connectivity index (χ1v) is 5.82. The molecule has 0 atom stereocenters. The van der Waals surface area contributed by atoms with Gasteiger partial charge in [0.2, 0.25) is 5.91 Å². The molecule has 1 aromatic rings. The Labute approximate surface area is 88.6 Å². The van der Waals surface area contributed by atoms with Crippen LogP contribution >= 0.6 is 11.3 Å². The Balaban J connectivity index is 2.27. The average Bonchev–Trinajstić information content (AvgIpc) is 2.52. The molecule has 1 N–H and O–H groups in total. The van der Waals surface area contributed by atoms with Crippen molar-refractivity contribution in [3.05, 3.63) is 11.1 Å². The molecule has 0 spiro atoms. The zero-order valence-corrected chi connectivity index (χ0v) is 9.49. The summed E-state index contributed by atoms with van der Waals surface area (Å²) >= 11 is 1.47. The molecule has 0 aliphatic rings. The highest BCUT2D eigenvalue weighted by molar-refractivity contribution is 7.13. The van der Waals surface area contributed by atoms with E-state index in [2.05, 4.69) is 17.2 Å². The van der Waals surface area contributed by atoms with E-state index < -0.39 is 0 Å². The van der Waals surface area contributed by atoms with Crippen LogP contribution in [0.1, 0.15) is 38.3 Å². The van der Waals surface area contributed by atoms with Crippen molar-refractivity contribution >= 4 is 22.4 Å². The zero-order chi connectivity index (χ0) is 10.4. The Morgan fingerprint density at radius 1 is 1.57 bits per heavy atom. The third-order valence-electron chi connectivity index (χ3n) is 1.87. The lowest BCUT2D eigenvalue weighted by molar-refractivity contribution is -0.116. The molecule has 1 amide bonds. The van der Waals surface area contributed by atoms with E-state index in [9.17, 15) is 4.79 Å². The Bertz CT molecular complexity index is 296. The van der Waals surface area contributed by atoms with E-state index in [0.29, 0.717) is 11.6 Å². The van der Waals surface area contributed by atoms with Crippen LogP contribution in [-0.4, -0.2) is 10.9 Å². The summed E-state index contributed by atoms with van der Waals surface area (Å²) in [6.07, 6.45) is 3.83. The lowest BCUT2D eigenvalue weighted by atomic mass is 10.2. The lowest BCUT2D eigenvalue weighted by Crippen LogP contribution is -2.10. The number of thiazole rings is 1. The Morgan fingerprint density at radius 3 is 2.93 bits per heavy atom. The molecule has 0 aromatic carbocycles. The molecule has 3 nitrogen and oxygen atoms in total. The SMILES string of the molecule is CCCCCC(=O)Nc1nc(C)cs1. The summed E-state index contributed by atoms with van der Waals surface area (Å²) in [7, 11) is 0. The fourth-order valence-electron chi connectivity index (χ4n) is 1.13. The van der Waals surface area contributed by atoms with E-state index in [1.54, 1.807) is 0 Å². The average molecular weight is 212 g/mol. The number of aromatic nitrogens is 1. The van der Waals surface area contributed by atoms with E-state index in [4.69, 9.17) is 0 Å². The van der Waals surface area contributed by atoms with Gasteiger partial charge in [0.25, 0.3) is 0 Å². The van der Waals surface area contributed by atoms with Crippen LogP contribution in [0.2, 0.25) is 0 Å². The maximum Gasteiger partial charge on any atom is 0.226 e. The molecule has 0 aliphatic heterocycles. The van der Waals surface area contributed by atoms with Crippen molar-refractivity contribution in [2.24, 2.45) is 0 Å². The maximum absolute atomic E-state index is 11.4. The highest BCUT2D eigenvalue weighted by Crippen LogP contribution is 2.14. The Morgan fingerprint density at radius 2 is 2.36 bits per heavy atom. The summed E-state index contributed by atoms with van der Waals surface area (Å²) in [5.41, 5.74) is 0.957. The first-order chi connectivity index (χ1) is 6.72. The number of carbonyl (C=O) groups is 1. The molecule has 78 valence electrons. The smallest absolute Gasteiger partial charge is 0.226 e. The topological polar surface area (TPSA) is 42.0 Å². The summed E-state index contributed by atoms with van der Waals surface area (Å²) in [6.45, 7) is 4.05. The van der Waals surface area contributed by atoms with E-state index >= 15 is 0 Å². The normalized spacial score (nSPS) is 10.1. The second kappa shape index (κ2) is 5.75. The van der Waals surface area contributed by atoms with Gasteiger partial charge in [-0.3, -0.25) is 4.79 Å². The summed E-state index contributed by atoms with van der Waals surface area (Å²) < 4.78 is 0. The van der Waals surface area contributed by atoms with Crippen molar-refractivity contribution in [3.8, 4) is 0 Å². The van der Waals surface area contributed by atoms with Crippen molar-refractivity contribution < 1.29 is 4.79 Å². The quantitative estimate of drug-likeness (QED) is 0.762. The summed E-state index contributed by atoms with van der Waals surface area (Å²) in [5.74, 6) is 0.0767. The van der Waals surface area contributed by atoms with Crippen molar-refractivity contribution in [2.45, 2.75) is 39.5 Å². The summed E-state index contributed by atoms with van der Waals surface area (Å²) in [4.78, 5) is 15.5. The fourth-order valence-corrected chi connectivity index (χ4v) is 1.83. The van der Waals surface area contributed by atoms with Gasteiger partial charge in [-0.15, -0.1) is 11.3 Å². The Hall–Kier alpha value is -0.900. The zero-order valence-electron chi connectivity index (χ0n) is 8.67. The highest BCUT2D eigenvalue weighted by Gasteiger charge is 2.04. The molecule has 0 saturated carbocycles. The second-order valence-electron chi connectivity index (χ2n) is 3.30. The minimum atomic E-state index is 0.0767. The van der Waals surface area contributed by atoms with Gasteiger partial charge < -0.3 is 5.32 Å². The molecule has 0 fully saturated rings. The number of nitrogens with one attached hydrogen (secondary N) is 1. The minimum absolute atomic E-state index is 0.0767. The lowest BCUT2D eigenvalue weighted by Gasteiger charge is -2.00. The van der Waals surface area contributed by atoms with Crippen molar-refractivity contribution in [1.82, 2.24) is 4.98 Å². The molecule has 1 aromatic heterocycles. The van der Waals surface area contributed by atoms with E-state index in [1.807, 2.05) is 12.3 Å². The molecule has 4 heteroatoms. The van der Waals surface area contributed by atoms with Gasteiger partial charge >= 0.3 is 0 Å². The van der Waals surface area contributed by atoms with Gasteiger partial charge in [0.1, 0.15) is 0 Å². The van der Waals surface area contributed by atoms with Crippen LogP contribution < -0.4 is 5.32 Å². The first kappa shape index (κ1) is 11.2. The number of unbranched alkanes of at least 4 members (excludes halogenated alkanes) is 2. The van der Waals surface area contributed by atoms with E-state index in [0.717, 1.165) is 25.0 Å².